The molecule has 0 amide bonds. The Balaban J connectivity index is 2.34. The van der Waals surface area contributed by atoms with Gasteiger partial charge in [-0.3, -0.25) is 0 Å². The predicted molar refractivity (Wildman–Crippen MR) is 72.5 cm³/mol. The number of hydrogen-bond donors (Lipinski definition) is 1. The summed E-state index contributed by atoms with van der Waals surface area (Å²) in [6.07, 6.45) is -9.06. The summed E-state index contributed by atoms with van der Waals surface area (Å²) < 4.78 is 81.2. The highest BCUT2D eigenvalue weighted by Crippen LogP contribution is 2.38. The molecule has 23 heavy (non-hydrogen) atoms. The molecule has 0 aliphatic rings. The zero-order valence-corrected chi connectivity index (χ0v) is 11.7. The molecule has 0 aromatic heterocycles. The van der Waals surface area contributed by atoms with Crippen LogP contribution in [-0.2, 0) is 12.4 Å². The van der Waals surface area contributed by atoms with Gasteiger partial charge in [0.05, 0.1) is 16.8 Å². The molecule has 0 heterocycles. The standard InChI is InChI=1S/C15H11F6NO/c1-22-12-8-10(15(19,20)21)5-6-13(12)23-11-4-2-3-9(7-11)14(16,17)18/h2-8,22H,1H3. The second kappa shape index (κ2) is 6.02. The third-order valence-corrected chi connectivity index (χ3v) is 2.97. The Morgan fingerprint density at radius 3 is 2.00 bits per heavy atom. The molecule has 8 heteroatoms. The van der Waals surface area contributed by atoms with Crippen LogP contribution in [0.3, 0.4) is 0 Å². The van der Waals surface area contributed by atoms with E-state index in [4.69, 9.17) is 4.74 Å². The summed E-state index contributed by atoms with van der Waals surface area (Å²) in [5.74, 6) is -0.143. The van der Waals surface area contributed by atoms with Crippen LogP contribution in [-0.4, -0.2) is 7.05 Å². The molecule has 0 aliphatic heterocycles. The summed E-state index contributed by atoms with van der Waals surface area (Å²) in [6, 6.07) is 6.75. The maximum atomic E-state index is 12.7. The fraction of sp³-hybridized carbons (Fsp3) is 0.200. The molecule has 0 aliphatic carbocycles. The molecule has 1 N–H and O–H groups in total. The second-order valence-electron chi connectivity index (χ2n) is 4.59. The van der Waals surface area contributed by atoms with Crippen LogP contribution in [0.2, 0.25) is 0 Å². The molecule has 124 valence electrons. The van der Waals surface area contributed by atoms with Crippen molar-refractivity contribution in [2.45, 2.75) is 12.4 Å². The van der Waals surface area contributed by atoms with Gasteiger partial charge in [0.25, 0.3) is 0 Å². The van der Waals surface area contributed by atoms with Crippen molar-refractivity contribution in [3.05, 3.63) is 53.6 Å². The molecular formula is C15H11F6NO. The van der Waals surface area contributed by atoms with Crippen molar-refractivity contribution in [1.82, 2.24) is 0 Å². The number of hydrogen-bond acceptors (Lipinski definition) is 2. The van der Waals surface area contributed by atoms with E-state index in [2.05, 4.69) is 5.32 Å². The van der Waals surface area contributed by atoms with Gasteiger partial charge in [0.2, 0.25) is 0 Å². The molecule has 0 atom stereocenters. The van der Waals surface area contributed by atoms with E-state index in [-0.39, 0.29) is 17.2 Å². The van der Waals surface area contributed by atoms with Gasteiger partial charge in [-0.1, -0.05) is 6.07 Å². The SMILES string of the molecule is CNc1cc(C(F)(F)F)ccc1Oc1cccc(C(F)(F)F)c1. The van der Waals surface area contributed by atoms with E-state index in [1.807, 2.05) is 0 Å². The van der Waals surface area contributed by atoms with Gasteiger partial charge >= 0.3 is 12.4 Å². The maximum Gasteiger partial charge on any atom is 0.416 e. The van der Waals surface area contributed by atoms with Gasteiger partial charge in [0.15, 0.2) is 5.75 Å². The van der Waals surface area contributed by atoms with Crippen molar-refractivity contribution >= 4 is 5.69 Å². The van der Waals surface area contributed by atoms with Gasteiger partial charge in [-0.2, -0.15) is 26.3 Å². The minimum atomic E-state index is -4.54. The lowest BCUT2D eigenvalue weighted by Crippen LogP contribution is -2.06. The van der Waals surface area contributed by atoms with E-state index in [1.54, 1.807) is 0 Å². The lowest BCUT2D eigenvalue weighted by molar-refractivity contribution is -0.138. The van der Waals surface area contributed by atoms with Gasteiger partial charge in [-0.05, 0) is 36.4 Å². The lowest BCUT2D eigenvalue weighted by atomic mass is 10.1. The lowest BCUT2D eigenvalue weighted by Gasteiger charge is -2.15. The number of alkyl halides is 6. The average Bonchev–Trinajstić information content (AvgIpc) is 2.46. The minimum Gasteiger partial charge on any atom is -0.455 e. The van der Waals surface area contributed by atoms with Crippen LogP contribution >= 0.6 is 0 Å². The van der Waals surface area contributed by atoms with Gasteiger partial charge in [0, 0.05) is 7.05 Å². The van der Waals surface area contributed by atoms with Gasteiger partial charge in [-0.25, -0.2) is 0 Å². The Morgan fingerprint density at radius 2 is 1.43 bits per heavy atom. The molecule has 0 radical (unpaired) electrons. The van der Waals surface area contributed by atoms with Crippen LogP contribution in [0.4, 0.5) is 32.0 Å². The highest BCUT2D eigenvalue weighted by molar-refractivity contribution is 5.59. The molecule has 0 bridgehead atoms. The van der Waals surface area contributed by atoms with Crippen molar-refractivity contribution in [3.63, 3.8) is 0 Å². The minimum absolute atomic E-state index is 0.0113. The van der Waals surface area contributed by atoms with Crippen LogP contribution in [0.1, 0.15) is 11.1 Å². The van der Waals surface area contributed by atoms with E-state index < -0.39 is 23.5 Å². The molecule has 2 aromatic carbocycles. The first-order valence-corrected chi connectivity index (χ1v) is 6.35. The Labute approximate surface area is 127 Å². The second-order valence-corrected chi connectivity index (χ2v) is 4.59. The number of rotatable bonds is 3. The summed E-state index contributed by atoms with van der Waals surface area (Å²) in [4.78, 5) is 0. The van der Waals surface area contributed by atoms with Crippen LogP contribution in [0, 0.1) is 0 Å². The van der Waals surface area contributed by atoms with E-state index in [1.165, 1.54) is 13.1 Å². The summed E-state index contributed by atoms with van der Waals surface area (Å²) in [6.45, 7) is 0. The van der Waals surface area contributed by atoms with Crippen molar-refractivity contribution < 1.29 is 31.1 Å². The normalized spacial score (nSPS) is 12.1. The first kappa shape index (κ1) is 17.0. The molecule has 0 fully saturated rings. The van der Waals surface area contributed by atoms with Crippen LogP contribution < -0.4 is 10.1 Å². The molecule has 0 saturated carbocycles. The summed E-state index contributed by atoms with van der Waals surface area (Å²) in [5, 5.41) is 2.53. The first-order valence-electron chi connectivity index (χ1n) is 6.35. The first-order chi connectivity index (χ1) is 10.6. The Hall–Kier alpha value is -2.38. The monoisotopic (exact) mass is 335 g/mol. The average molecular weight is 335 g/mol. The molecule has 0 spiro atoms. The zero-order valence-electron chi connectivity index (χ0n) is 11.7. The van der Waals surface area contributed by atoms with Crippen molar-refractivity contribution in [1.29, 1.82) is 0 Å². The third kappa shape index (κ3) is 4.08. The Morgan fingerprint density at radius 1 is 0.826 bits per heavy atom. The highest BCUT2D eigenvalue weighted by atomic mass is 19.4. The van der Waals surface area contributed by atoms with Gasteiger partial charge in [0.1, 0.15) is 5.75 Å². The van der Waals surface area contributed by atoms with Gasteiger partial charge in [-0.15, -0.1) is 0 Å². The van der Waals surface area contributed by atoms with E-state index in [9.17, 15) is 26.3 Å². The van der Waals surface area contributed by atoms with E-state index in [0.717, 1.165) is 36.4 Å². The topological polar surface area (TPSA) is 21.3 Å². The molecular weight excluding hydrogens is 324 g/mol. The number of benzene rings is 2. The summed E-state index contributed by atoms with van der Waals surface area (Å²) in [5.41, 5.74) is -1.79. The summed E-state index contributed by atoms with van der Waals surface area (Å²) >= 11 is 0. The van der Waals surface area contributed by atoms with Crippen molar-refractivity contribution in [3.8, 4) is 11.5 Å². The third-order valence-electron chi connectivity index (χ3n) is 2.97. The Kier molecular flexibility index (Phi) is 4.44. The maximum absolute atomic E-state index is 12.7. The number of anilines is 1. The summed E-state index contributed by atoms with van der Waals surface area (Å²) in [7, 11) is 1.38. The smallest absolute Gasteiger partial charge is 0.416 e. The van der Waals surface area contributed by atoms with Crippen molar-refractivity contribution in [2.24, 2.45) is 0 Å². The van der Waals surface area contributed by atoms with E-state index >= 15 is 0 Å². The van der Waals surface area contributed by atoms with Crippen LogP contribution in [0.15, 0.2) is 42.5 Å². The zero-order chi connectivity index (χ0) is 17.3. The number of ether oxygens (including phenoxy) is 1. The fourth-order valence-corrected chi connectivity index (χ4v) is 1.85. The fourth-order valence-electron chi connectivity index (χ4n) is 1.85. The van der Waals surface area contributed by atoms with Gasteiger partial charge < -0.3 is 10.1 Å². The molecule has 0 unspecified atom stereocenters. The quantitative estimate of drug-likeness (QED) is 0.742. The largest absolute Gasteiger partial charge is 0.455 e. The Bertz CT molecular complexity index is 693. The molecule has 2 rings (SSSR count). The van der Waals surface area contributed by atoms with Crippen LogP contribution in [0.25, 0.3) is 0 Å². The van der Waals surface area contributed by atoms with Crippen molar-refractivity contribution in [2.75, 3.05) is 12.4 Å². The number of halogens is 6. The molecule has 2 nitrogen and oxygen atoms in total. The molecule has 2 aromatic rings. The van der Waals surface area contributed by atoms with E-state index in [0.29, 0.717) is 0 Å². The van der Waals surface area contributed by atoms with Crippen LogP contribution in [0.5, 0.6) is 11.5 Å². The highest BCUT2D eigenvalue weighted by Gasteiger charge is 2.32. The number of nitrogens with one attached hydrogen (secondary N) is 1. The predicted octanol–water partition coefficient (Wildman–Crippen LogP) is 5.56. The molecule has 0 saturated heterocycles.